The van der Waals surface area contributed by atoms with Gasteiger partial charge in [0, 0.05) is 43.7 Å². The third-order valence-corrected chi connectivity index (χ3v) is 10.3. The van der Waals surface area contributed by atoms with Gasteiger partial charge in [0.15, 0.2) is 0 Å². The van der Waals surface area contributed by atoms with Crippen LogP contribution in [-0.4, -0.2) is 66.8 Å². The first-order valence-electron chi connectivity index (χ1n) is 14.9. The lowest BCUT2D eigenvalue weighted by Crippen LogP contribution is -2.53. The van der Waals surface area contributed by atoms with Crippen LogP contribution in [0.3, 0.4) is 0 Å². The lowest BCUT2D eigenvalue weighted by molar-refractivity contribution is 0.0114. The van der Waals surface area contributed by atoms with Gasteiger partial charge in [-0.1, -0.05) is 77.1 Å². The number of nitrogens with zero attached hydrogens (tertiary/aromatic N) is 1. The molecule has 1 fully saturated rings. The van der Waals surface area contributed by atoms with Gasteiger partial charge in [0.25, 0.3) is 0 Å². The monoisotopic (exact) mass is 586 g/mol. The van der Waals surface area contributed by atoms with Crippen LogP contribution >= 0.6 is 11.6 Å². The normalized spacial score (nSPS) is 32.5. The van der Waals surface area contributed by atoms with Gasteiger partial charge in [0.05, 0.1) is 6.10 Å². The minimum absolute atomic E-state index is 0. The highest BCUT2D eigenvalue weighted by Gasteiger charge is 2.41. The molecule has 0 aromatic carbocycles. The third-order valence-electron chi connectivity index (χ3n) is 9.96. The summed E-state index contributed by atoms with van der Waals surface area (Å²) in [5.41, 5.74) is 0.368. The molecule has 3 aliphatic carbocycles. The van der Waals surface area contributed by atoms with Crippen molar-refractivity contribution in [2.45, 2.75) is 98.6 Å². The van der Waals surface area contributed by atoms with Crippen molar-refractivity contribution in [1.29, 1.82) is 0 Å². The maximum absolute atomic E-state index is 6.28. The van der Waals surface area contributed by atoms with Crippen molar-refractivity contribution in [3.8, 4) is 0 Å². The quantitative estimate of drug-likeness (QED) is 0.354. The van der Waals surface area contributed by atoms with E-state index in [0.29, 0.717) is 41.2 Å². The summed E-state index contributed by atoms with van der Waals surface area (Å²) in [6.07, 6.45) is 22.1. The van der Waals surface area contributed by atoms with E-state index in [1.807, 2.05) is 7.11 Å². The highest BCUT2D eigenvalue weighted by atomic mass is 35.5. The topological polar surface area (TPSA) is 119 Å². The molecule has 40 heavy (non-hydrogen) atoms. The SMILES string of the molecule is C.COC1CCC=CC1C1CC=CC(CN[C@@H](CN2CC[C@H](C3CC=C(Cl)CC3)C(C)(C)C2)C(C)C)C1.O.O.O. The predicted octanol–water partition coefficient (Wildman–Crippen LogP) is 5.60. The number of likely N-dealkylation sites (tertiary alicyclic amines) is 1. The summed E-state index contributed by atoms with van der Waals surface area (Å²) in [5.74, 6) is 4.19. The van der Waals surface area contributed by atoms with Gasteiger partial charge < -0.3 is 31.4 Å². The third kappa shape index (κ3) is 10.2. The summed E-state index contributed by atoms with van der Waals surface area (Å²) in [4.78, 5) is 2.76. The molecule has 0 amide bonds. The molecule has 6 nitrogen and oxygen atoms in total. The van der Waals surface area contributed by atoms with Gasteiger partial charge in [-0.15, -0.1) is 0 Å². The van der Waals surface area contributed by atoms with Crippen LogP contribution in [0.5, 0.6) is 0 Å². The van der Waals surface area contributed by atoms with Crippen LogP contribution in [-0.2, 0) is 4.74 Å². The van der Waals surface area contributed by atoms with E-state index in [1.165, 1.54) is 64.6 Å². The Labute approximate surface area is 250 Å². The molecule has 4 aliphatic rings. The largest absolute Gasteiger partial charge is 0.412 e. The number of rotatable bonds is 9. The van der Waals surface area contributed by atoms with Crippen LogP contribution < -0.4 is 5.32 Å². The zero-order valence-electron chi connectivity index (χ0n) is 25.2. The Balaban J connectivity index is 0.00000380. The second-order valence-corrected chi connectivity index (χ2v) is 13.8. The molecule has 0 spiro atoms. The molecule has 7 heteroatoms. The Kier molecular flexibility index (Phi) is 17.7. The van der Waals surface area contributed by atoms with E-state index < -0.39 is 0 Å². The van der Waals surface area contributed by atoms with Crippen LogP contribution in [0.1, 0.15) is 86.5 Å². The van der Waals surface area contributed by atoms with Crippen LogP contribution in [0.4, 0.5) is 0 Å². The lowest BCUT2D eigenvalue weighted by atomic mass is 9.65. The maximum atomic E-state index is 6.28. The van der Waals surface area contributed by atoms with E-state index in [4.69, 9.17) is 16.3 Å². The van der Waals surface area contributed by atoms with Crippen molar-refractivity contribution in [1.82, 2.24) is 10.2 Å². The Morgan fingerprint density at radius 2 is 1.80 bits per heavy atom. The average molecular weight is 587 g/mol. The Hall–Kier alpha value is -0.730. The molecule has 1 aliphatic heterocycles. The minimum atomic E-state index is 0. The molecule has 0 aromatic rings. The van der Waals surface area contributed by atoms with Crippen LogP contribution in [0, 0.1) is 40.9 Å². The van der Waals surface area contributed by atoms with Crippen LogP contribution in [0.15, 0.2) is 35.4 Å². The van der Waals surface area contributed by atoms with Crippen LogP contribution in [0.2, 0.25) is 0 Å². The molecule has 0 aromatic heterocycles. The zero-order chi connectivity index (χ0) is 25.7. The number of piperidine rings is 1. The Morgan fingerprint density at radius 1 is 1.05 bits per heavy atom. The predicted molar refractivity (Wildman–Crippen MR) is 172 cm³/mol. The lowest BCUT2D eigenvalue weighted by Gasteiger charge is -2.49. The minimum Gasteiger partial charge on any atom is -0.412 e. The summed E-state index contributed by atoms with van der Waals surface area (Å²) in [6.45, 7) is 14.5. The van der Waals surface area contributed by atoms with Gasteiger partial charge >= 0.3 is 0 Å². The molecule has 1 heterocycles. The van der Waals surface area contributed by atoms with Crippen molar-refractivity contribution in [3.63, 3.8) is 0 Å². The highest BCUT2D eigenvalue weighted by Crippen LogP contribution is 2.45. The number of hydrogen-bond donors (Lipinski definition) is 1. The highest BCUT2D eigenvalue weighted by molar-refractivity contribution is 6.29. The number of halogens is 1. The van der Waals surface area contributed by atoms with Crippen molar-refractivity contribution in [3.05, 3.63) is 35.4 Å². The van der Waals surface area contributed by atoms with E-state index in [2.05, 4.69) is 68.3 Å². The van der Waals surface area contributed by atoms with Gasteiger partial charge in [-0.3, -0.25) is 0 Å². The second kappa shape index (κ2) is 18.0. The number of methoxy groups -OCH3 is 1. The van der Waals surface area contributed by atoms with Crippen molar-refractivity contribution >= 4 is 11.6 Å². The fourth-order valence-corrected chi connectivity index (χ4v) is 8.03. The molecule has 5 unspecified atom stereocenters. The second-order valence-electron chi connectivity index (χ2n) is 13.3. The van der Waals surface area contributed by atoms with E-state index in [-0.39, 0.29) is 23.9 Å². The Bertz CT molecular complexity index is 799. The van der Waals surface area contributed by atoms with Gasteiger partial charge in [0.2, 0.25) is 0 Å². The van der Waals surface area contributed by atoms with Crippen molar-refractivity contribution in [2.75, 3.05) is 33.3 Å². The van der Waals surface area contributed by atoms with Crippen molar-refractivity contribution in [2.24, 2.45) is 40.9 Å². The molecule has 1 saturated heterocycles. The summed E-state index contributed by atoms with van der Waals surface area (Å²) >= 11 is 6.28. The molecule has 7 N–H and O–H groups in total. The molecule has 0 radical (unpaired) electrons. The summed E-state index contributed by atoms with van der Waals surface area (Å²) in [7, 11) is 1.90. The standard InChI is InChI=1S/C32H53ClN2O.CH4.3H2O/c1-23(2)30(21-35-18-17-29(32(3,4)22-35)25-13-15-27(33)16-14-25)34-20-24-9-8-10-26(19-24)28-11-6-7-12-31(28)36-5;;;;/h6,8-9,11,15,23-26,28-31,34H,7,10,12-14,16-22H2,1-5H3;1H4;3*1H2/t24?,25?,26?,28?,29-,30+,31?;;;;/m1..../s1. The molecule has 4 rings (SSSR count). The number of nitrogens with one attached hydrogen (secondary N) is 1. The van der Waals surface area contributed by atoms with E-state index in [9.17, 15) is 0 Å². The van der Waals surface area contributed by atoms with E-state index >= 15 is 0 Å². The van der Waals surface area contributed by atoms with Gasteiger partial charge in [0.1, 0.15) is 0 Å². The first kappa shape index (κ1) is 39.3. The van der Waals surface area contributed by atoms with E-state index in [0.717, 1.165) is 29.8 Å². The summed E-state index contributed by atoms with van der Waals surface area (Å²) in [6, 6.07) is 0.545. The molecule has 7 atom stereocenters. The number of hydrogen-bond acceptors (Lipinski definition) is 3. The molecule has 0 saturated carbocycles. The van der Waals surface area contributed by atoms with Crippen molar-refractivity contribution < 1.29 is 21.2 Å². The number of ether oxygens (including phenoxy) is 1. The molecular weight excluding hydrogens is 524 g/mol. The maximum Gasteiger partial charge on any atom is 0.0639 e. The first-order chi connectivity index (χ1) is 17.3. The van der Waals surface area contributed by atoms with Gasteiger partial charge in [-0.25, -0.2) is 0 Å². The van der Waals surface area contributed by atoms with E-state index in [1.54, 1.807) is 0 Å². The molecule has 0 bridgehead atoms. The average Bonchev–Trinajstić information content (AvgIpc) is 2.87. The fourth-order valence-electron chi connectivity index (χ4n) is 7.84. The van der Waals surface area contributed by atoms with Gasteiger partial charge in [-0.2, -0.15) is 0 Å². The zero-order valence-corrected chi connectivity index (χ0v) is 26.0. The molecular formula is C33H63ClN2O4. The fraction of sp³-hybridized carbons (Fsp3) is 0.818. The number of allylic oxidation sites excluding steroid dienone is 4. The Morgan fingerprint density at radius 3 is 2.42 bits per heavy atom. The van der Waals surface area contributed by atoms with Crippen LogP contribution in [0.25, 0.3) is 0 Å². The first-order valence-corrected chi connectivity index (χ1v) is 15.3. The summed E-state index contributed by atoms with van der Waals surface area (Å²) in [5, 5.41) is 5.11. The smallest absolute Gasteiger partial charge is 0.0639 e. The summed E-state index contributed by atoms with van der Waals surface area (Å²) < 4.78 is 5.87. The molecule has 236 valence electrons. The van der Waals surface area contributed by atoms with Gasteiger partial charge in [-0.05, 0) is 92.9 Å².